The second kappa shape index (κ2) is 6.09. The average molecular weight is 286 g/mol. The van der Waals surface area contributed by atoms with E-state index in [2.05, 4.69) is 11.9 Å². The summed E-state index contributed by atoms with van der Waals surface area (Å²) in [5, 5.41) is 2.54. The van der Waals surface area contributed by atoms with Crippen LogP contribution in [0.1, 0.15) is 15.9 Å². The molecule has 21 heavy (non-hydrogen) atoms. The summed E-state index contributed by atoms with van der Waals surface area (Å²) in [6.07, 6.45) is 0. The van der Waals surface area contributed by atoms with Crippen molar-refractivity contribution in [3.05, 3.63) is 66.0 Å². The molecule has 0 unspecified atom stereocenters. The Morgan fingerprint density at radius 2 is 1.95 bits per heavy atom. The van der Waals surface area contributed by atoms with E-state index in [9.17, 15) is 9.18 Å². The highest BCUT2D eigenvalue weighted by atomic mass is 19.1. The van der Waals surface area contributed by atoms with E-state index in [4.69, 9.17) is 10.5 Å². The van der Waals surface area contributed by atoms with Crippen LogP contribution in [0.4, 0.5) is 10.1 Å². The first kappa shape index (κ1) is 14.6. The van der Waals surface area contributed by atoms with Crippen molar-refractivity contribution in [3.63, 3.8) is 0 Å². The number of anilines is 1. The van der Waals surface area contributed by atoms with E-state index in [0.717, 1.165) is 0 Å². The molecule has 0 bridgehead atoms. The molecule has 1 amide bonds. The van der Waals surface area contributed by atoms with Gasteiger partial charge in [0.1, 0.15) is 11.6 Å². The van der Waals surface area contributed by atoms with Gasteiger partial charge in [-0.15, -0.1) is 0 Å². The number of benzene rings is 2. The van der Waals surface area contributed by atoms with Gasteiger partial charge in [-0.25, -0.2) is 4.39 Å². The van der Waals surface area contributed by atoms with Crippen LogP contribution < -0.4 is 15.8 Å². The molecule has 3 N–H and O–H groups in total. The number of amides is 1. The van der Waals surface area contributed by atoms with E-state index < -0.39 is 11.7 Å². The van der Waals surface area contributed by atoms with Crippen molar-refractivity contribution < 1.29 is 13.9 Å². The predicted octanol–water partition coefficient (Wildman–Crippen LogP) is 2.82. The highest BCUT2D eigenvalue weighted by molar-refractivity contribution is 6.03. The maximum absolute atomic E-state index is 13.6. The number of rotatable bonds is 4. The van der Waals surface area contributed by atoms with E-state index in [1.807, 2.05) is 0 Å². The van der Waals surface area contributed by atoms with Crippen LogP contribution in [0.2, 0.25) is 0 Å². The Kier molecular flexibility index (Phi) is 4.23. The quantitative estimate of drug-likeness (QED) is 0.849. The Hall–Kier alpha value is -2.82. The second-order valence-electron chi connectivity index (χ2n) is 4.37. The molecule has 0 spiro atoms. The van der Waals surface area contributed by atoms with Crippen LogP contribution in [0.15, 0.2) is 49.0 Å². The Morgan fingerprint density at radius 1 is 1.24 bits per heavy atom. The summed E-state index contributed by atoms with van der Waals surface area (Å²) in [5.74, 6) is -0.424. The number of nitrogens with two attached hydrogens (primary N) is 1. The van der Waals surface area contributed by atoms with Crippen LogP contribution in [-0.2, 0) is 0 Å². The van der Waals surface area contributed by atoms with Crippen LogP contribution in [-0.4, -0.2) is 13.0 Å². The first-order chi connectivity index (χ1) is 10.0. The van der Waals surface area contributed by atoms with E-state index >= 15 is 0 Å². The topological polar surface area (TPSA) is 64.3 Å². The fraction of sp³-hybridized carbons (Fsp3) is 0.0625. The van der Waals surface area contributed by atoms with Gasteiger partial charge in [0, 0.05) is 16.9 Å². The summed E-state index contributed by atoms with van der Waals surface area (Å²) in [6, 6.07) is 10.8. The zero-order valence-electron chi connectivity index (χ0n) is 11.5. The van der Waals surface area contributed by atoms with Gasteiger partial charge in [0.25, 0.3) is 5.91 Å². The molecule has 0 saturated heterocycles. The van der Waals surface area contributed by atoms with Crippen molar-refractivity contribution in [3.8, 4) is 5.75 Å². The number of ether oxygens (including phenoxy) is 1. The Bertz CT molecular complexity index is 698. The minimum Gasteiger partial charge on any atom is -0.497 e. The molecule has 2 aromatic carbocycles. The van der Waals surface area contributed by atoms with Gasteiger partial charge in [0.05, 0.1) is 12.7 Å². The summed E-state index contributed by atoms with van der Waals surface area (Å²) in [4.78, 5) is 12.2. The summed E-state index contributed by atoms with van der Waals surface area (Å²) in [6.45, 7) is 3.68. The lowest BCUT2D eigenvalue weighted by Gasteiger charge is -2.11. The van der Waals surface area contributed by atoms with Crippen LogP contribution in [0.25, 0.3) is 5.70 Å². The molecule has 0 aliphatic heterocycles. The molecular weight excluding hydrogens is 271 g/mol. The molecule has 0 saturated carbocycles. The Labute approximate surface area is 122 Å². The van der Waals surface area contributed by atoms with Crippen molar-refractivity contribution >= 4 is 17.3 Å². The van der Waals surface area contributed by atoms with Gasteiger partial charge in [-0.05, 0) is 30.3 Å². The standard InChI is InChI=1S/C16H15FN2O2/c1-10(12-5-3-4-6-14(12)17)19-16(20)13-9-11(21-2)7-8-15(13)18/h3-9H,1,18H2,2H3,(H,19,20). The lowest BCUT2D eigenvalue weighted by molar-refractivity contribution is 0.0974. The predicted molar refractivity (Wildman–Crippen MR) is 80.3 cm³/mol. The molecule has 5 heteroatoms. The van der Waals surface area contributed by atoms with Gasteiger partial charge in [-0.2, -0.15) is 0 Å². The second-order valence-corrected chi connectivity index (χ2v) is 4.37. The summed E-state index contributed by atoms with van der Waals surface area (Å²) >= 11 is 0. The Balaban J connectivity index is 2.22. The van der Waals surface area contributed by atoms with E-state index in [-0.39, 0.29) is 16.8 Å². The fourth-order valence-corrected chi connectivity index (χ4v) is 1.84. The molecule has 108 valence electrons. The third-order valence-corrected chi connectivity index (χ3v) is 2.97. The minimum atomic E-state index is -0.473. The molecule has 0 atom stereocenters. The number of hydrogen-bond acceptors (Lipinski definition) is 3. The molecule has 0 radical (unpaired) electrons. The number of methoxy groups -OCH3 is 1. The molecule has 0 aliphatic rings. The third kappa shape index (κ3) is 3.20. The lowest BCUT2D eigenvalue weighted by atomic mass is 10.1. The van der Waals surface area contributed by atoms with Gasteiger partial charge in [-0.3, -0.25) is 4.79 Å². The maximum atomic E-state index is 13.6. The molecule has 0 fully saturated rings. The highest BCUT2D eigenvalue weighted by Crippen LogP contribution is 2.21. The molecule has 0 aliphatic carbocycles. The van der Waals surface area contributed by atoms with Crippen molar-refractivity contribution in [1.82, 2.24) is 5.32 Å². The molecule has 2 rings (SSSR count). The monoisotopic (exact) mass is 286 g/mol. The number of hydrogen-bond donors (Lipinski definition) is 2. The molecule has 4 nitrogen and oxygen atoms in total. The summed E-state index contributed by atoms with van der Waals surface area (Å²) in [7, 11) is 1.49. The highest BCUT2D eigenvalue weighted by Gasteiger charge is 2.14. The number of carbonyl (C=O) groups excluding carboxylic acids is 1. The zero-order chi connectivity index (χ0) is 15.4. The first-order valence-electron chi connectivity index (χ1n) is 6.21. The fourth-order valence-electron chi connectivity index (χ4n) is 1.84. The maximum Gasteiger partial charge on any atom is 0.257 e. The largest absolute Gasteiger partial charge is 0.497 e. The third-order valence-electron chi connectivity index (χ3n) is 2.97. The van der Waals surface area contributed by atoms with Crippen molar-refractivity contribution in [1.29, 1.82) is 0 Å². The number of carbonyl (C=O) groups is 1. The van der Waals surface area contributed by atoms with Crippen molar-refractivity contribution in [2.45, 2.75) is 0 Å². The van der Waals surface area contributed by atoms with Crippen LogP contribution >= 0.6 is 0 Å². The van der Waals surface area contributed by atoms with E-state index in [1.165, 1.54) is 25.3 Å². The zero-order valence-corrected chi connectivity index (χ0v) is 11.5. The van der Waals surface area contributed by atoms with Gasteiger partial charge < -0.3 is 15.8 Å². The molecule has 0 aromatic heterocycles. The summed E-state index contributed by atoms with van der Waals surface area (Å²) < 4.78 is 18.7. The van der Waals surface area contributed by atoms with Gasteiger partial charge in [-0.1, -0.05) is 18.7 Å². The van der Waals surface area contributed by atoms with Gasteiger partial charge in [0.15, 0.2) is 0 Å². The first-order valence-corrected chi connectivity index (χ1v) is 6.21. The molecule has 0 heterocycles. The van der Waals surface area contributed by atoms with Crippen LogP contribution in [0.3, 0.4) is 0 Å². The van der Waals surface area contributed by atoms with Crippen molar-refractivity contribution in [2.24, 2.45) is 0 Å². The average Bonchev–Trinajstić information content (AvgIpc) is 2.48. The smallest absolute Gasteiger partial charge is 0.257 e. The van der Waals surface area contributed by atoms with E-state index in [0.29, 0.717) is 11.4 Å². The lowest BCUT2D eigenvalue weighted by Crippen LogP contribution is -2.23. The normalized spacial score (nSPS) is 10.0. The van der Waals surface area contributed by atoms with Crippen molar-refractivity contribution in [2.75, 3.05) is 12.8 Å². The Morgan fingerprint density at radius 3 is 2.62 bits per heavy atom. The SMILES string of the molecule is C=C(NC(=O)c1cc(OC)ccc1N)c1ccccc1F. The van der Waals surface area contributed by atoms with Crippen LogP contribution in [0, 0.1) is 5.82 Å². The number of nitrogen functional groups attached to an aromatic ring is 1. The summed E-state index contributed by atoms with van der Waals surface area (Å²) in [5.41, 5.74) is 6.71. The number of halogens is 1. The minimum absolute atomic E-state index is 0.167. The van der Waals surface area contributed by atoms with Crippen LogP contribution in [0.5, 0.6) is 5.75 Å². The molecule has 2 aromatic rings. The number of nitrogens with one attached hydrogen (secondary N) is 1. The molecular formula is C16H15FN2O2. The van der Waals surface area contributed by atoms with Gasteiger partial charge >= 0.3 is 0 Å². The van der Waals surface area contributed by atoms with Gasteiger partial charge in [0.2, 0.25) is 0 Å². The van der Waals surface area contributed by atoms with E-state index in [1.54, 1.807) is 24.3 Å².